The molecule has 0 aliphatic heterocycles. The first kappa shape index (κ1) is 16.2. The summed E-state index contributed by atoms with van der Waals surface area (Å²) in [5.74, 6) is -3.14. The zero-order valence-corrected chi connectivity index (χ0v) is 13.1. The first-order valence-corrected chi connectivity index (χ1v) is 8.10. The largest absolute Gasteiger partial charge is 0.481 e. The van der Waals surface area contributed by atoms with Crippen LogP contribution >= 0.6 is 0 Å². The smallest absolute Gasteiger partial charge is 0.307 e. The number of aliphatic carboxylic acids is 1. The number of benzene rings is 1. The lowest BCUT2D eigenvalue weighted by atomic mass is 9.82. The third kappa shape index (κ3) is 3.32. The molecule has 0 aromatic heterocycles. The Labute approximate surface area is 139 Å². The van der Waals surface area contributed by atoms with Crippen LogP contribution in [0, 0.1) is 23.7 Å². The van der Waals surface area contributed by atoms with Crippen LogP contribution in [0.4, 0.5) is 0 Å². The highest BCUT2D eigenvalue weighted by atomic mass is 16.4. The quantitative estimate of drug-likeness (QED) is 0.560. The third-order valence-electron chi connectivity index (χ3n) is 4.86. The number of carbonyl (C=O) groups is 3. The summed E-state index contributed by atoms with van der Waals surface area (Å²) in [6.45, 7) is 0. The Balaban J connectivity index is 1.49. The molecule has 1 fully saturated rings. The van der Waals surface area contributed by atoms with E-state index >= 15 is 0 Å². The highest BCUT2D eigenvalue weighted by molar-refractivity contribution is 5.88. The van der Waals surface area contributed by atoms with Crippen LogP contribution < -0.4 is 10.9 Å². The van der Waals surface area contributed by atoms with Gasteiger partial charge in [0.1, 0.15) is 0 Å². The predicted octanol–water partition coefficient (Wildman–Crippen LogP) is 1.29. The monoisotopic (exact) mass is 328 g/mol. The molecule has 1 saturated carbocycles. The van der Waals surface area contributed by atoms with Gasteiger partial charge in [-0.3, -0.25) is 25.2 Å². The second kappa shape index (κ2) is 6.86. The molecule has 0 heterocycles. The second-order valence-electron chi connectivity index (χ2n) is 6.36. The van der Waals surface area contributed by atoms with Crippen LogP contribution in [-0.2, 0) is 20.8 Å². The highest BCUT2D eigenvalue weighted by Crippen LogP contribution is 2.48. The standard InChI is InChI=1S/C18H20N2O4/c21-14(9-6-11-4-2-1-3-5-11)19-20-17(22)15-12-7-8-13(10-12)16(15)18(23)24/h1-5,7-8,12-13,15-16H,6,9-10H2,(H,19,21)(H,20,22)(H,23,24)/t12-,13+,15+,16+/m1/s1. The molecule has 1 aromatic carbocycles. The fourth-order valence-corrected chi connectivity index (χ4v) is 3.70. The Kier molecular flexibility index (Phi) is 4.64. The number of rotatable bonds is 5. The molecule has 0 saturated heterocycles. The van der Waals surface area contributed by atoms with Crippen molar-refractivity contribution in [1.29, 1.82) is 0 Å². The topological polar surface area (TPSA) is 95.5 Å². The van der Waals surface area contributed by atoms with Crippen molar-refractivity contribution in [3.05, 3.63) is 48.0 Å². The van der Waals surface area contributed by atoms with Gasteiger partial charge >= 0.3 is 5.97 Å². The summed E-state index contributed by atoms with van der Waals surface area (Å²) >= 11 is 0. The Morgan fingerprint density at radius 1 is 1.00 bits per heavy atom. The number of amides is 2. The van der Waals surface area contributed by atoms with Gasteiger partial charge in [0.15, 0.2) is 0 Å². The summed E-state index contributed by atoms with van der Waals surface area (Å²) in [4.78, 5) is 35.6. The van der Waals surface area contributed by atoms with E-state index in [2.05, 4.69) is 10.9 Å². The number of hydrazine groups is 1. The van der Waals surface area contributed by atoms with Crippen LogP contribution in [-0.4, -0.2) is 22.9 Å². The Morgan fingerprint density at radius 2 is 1.67 bits per heavy atom. The lowest BCUT2D eigenvalue weighted by molar-refractivity contribution is -0.148. The SMILES string of the molecule is O=C(CCc1ccccc1)NNC(=O)[C@@H]1[C@@H](C(=O)O)[C@H]2C=C[C@@H]1C2. The lowest BCUT2D eigenvalue weighted by Crippen LogP contribution is -2.48. The van der Waals surface area contributed by atoms with E-state index in [1.54, 1.807) is 0 Å². The predicted molar refractivity (Wildman–Crippen MR) is 86.4 cm³/mol. The number of hydrogen-bond donors (Lipinski definition) is 3. The molecular weight excluding hydrogens is 308 g/mol. The van der Waals surface area contributed by atoms with E-state index in [-0.39, 0.29) is 24.2 Å². The van der Waals surface area contributed by atoms with Crippen molar-refractivity contribution in [3.63, 3.8) is 0 Å². The minimum atomic E-state index is -0.956. The van der Waals surface area contributed by atoms with Crippen LogP contribution in [0.1, 0.15) is 18.4 Å². The molecule has 6 nitrogen and oxygen atoms in total. The molecule has 6 heteroatoms. The van der Waals surface area contributed by atoms with Crippen molar-refractivity contribution in [1.82, 2.24) is 10.9 Å². The van der Waals surface area contributed by atoms with Crippen LogP contribution in [0.25, 0.3) is 0 Å². The molecule has 2 amide bonds. The van der Waals surface area contributed by atoms with Gasteiger partial charge in [-0.25, -0.2) is 0 Å². The molecule has 2 aliphatic rings. The molecule has 0 unspecified atom stereocenters. The number of carbonyl (C=O) groups excluding carboxylic acids is 2. The van der Waals surface area contributed by atoms with Crippen molar-refractivity contribution in [2.45, 2.75) is 19.3 Å². The normalized spacial score (nSPS) is 27.0. The number of nitrogens with one attached hydrogen (secondary N) is 2. The summed E-state index contributed by atoms with van der Waals surface area (Å²) in [5.41, 5.74) is 5.83. The number of allylic oxidation sites excluding steroid dienone is 2. The number of carboxylic acid groups (broad SMARTS) is 1. The number of hydrogen-bond acceptors (Lipinski definition) is 3. The van der Waals surface area contributed by atoms with E-state index in [0.717, 1.165) is 5.56 Å². The van der Waals surface area contributed by atoms with Gasteiger partial charge < -0.3 is 5.11 Å². The highest BCUT2D eigenvalue weighted by Gasteiger charge is 2.51. The van der Waals surface area contributed by atoms with Crippen molar-refractivity contribution in [2.75, 3.05) is 0 Å². The van der Waals surface area contributed by atoms with Gasteiger partial charge in [-0.15, -0.1) is 0 Å². The molecular formula is C18H20N2O4. The van der Waals surface area contributed by atoms with E-state index in [4.69, 9.17) is 0 Å². The summed E-state index contributed by atoms with van der Waals surface area (Å²) in [6, 6.07) is 9.59. The maximum absolute atomic E-state index is 12.3. The minimum absolute atomic E-state index is 0.0580. The number of fused-ring (bicyclic) bond motifs is 2. The zero-order valence-electron chi connectivity index (χ0n) is 13.1. The molecule has 2 aliphatic carbocycles. The third-order valence-corrected chi connectivity index (χ3v) is 4.86. The second-order valence-corrected chi connectivity index (χ2v) is 6.36. The summed E-state index contributed by atoms with van der Waals surface area (Å²) in [6.07, 6.45) is 5.31. The molecule has 2 bridgehead atoms. The fraction of sp³-hybridized carbons (Fsp3) is 0.389. The van der Waals surface area contributed by atoms with Crippen LogP contribution in [0.3, 0.4) is 0 Å². The molecule has 3 rings (SSSR count). The van der Waals surface area contributed by atoms with Crippen molar-refractivity contribution >= 4 is 17.8 Å². The van der Waals surface area contributed by atoms with Crippen LogP contribution in [0.2, 0.25) is 0 Å². The van der Waals surface area contributed by atoms with E-state index in [1.165, 1.54) is 0 Å². The maximum atomic E-state index is 12.3. The van der Waals surface area contributed by atoms with E-state index < -0.39 is 23.7 Å². The van der Waals surface area contributed by atoms with Gasteiger partial charge in [-0.2, -0.15) is 0 Å². The van der Waals surface area contributed by atoms with Gasteiger partial charge in [0.05, 0.1) is 11.8 Å². The fourth-order valence-electron chi connectivity index (χ4n) is 3.70. The molecule has 24 heavy (non-hydrogen) atoms. The van der Waals surface area contributed by atoms with Crippen LogP contribution in [0.15, 0.2) is 42.5 Å². The van der Waals surface area contributed by atoms with E-state index in [0.29, 0.717) is 12.8 Å². The van der Waals surface area contributed by atoms with Crippen molar-refractivity contribution in [3.8, 4) is 0 Å². The molecule has 4 atom stereocenters. The summed E-state index contributed by atoms with van der Waals surface area (Å²) < 4.78 is 0. The van der Waals surface area contributed by atoms with Crippen LogP contribution in [0.5, 0.6) is 0 Å². The minimum Gasteiger partial charge on any atom is -0.481 e. The first-order valence-electron chi connectivity index (χ1n) is 8.10. The molecule has 1 aromatic rings. The van der Waals surface area contributed by atoms with Gasteiger partial charge in [0, 0.05) is 6.42 Å². The van der Waals surface area contributed by atoms with E-state index in [1.807, 2.05) is 42.5 Å². The van der Waals surface area contributed by atoms with E-state index in [9.17, 15) is 19.5 Å². The number of carboxylic acids is 1. The first-order chi connectivity index (χ1) is 11.6. The Hall–Kier alpha value is -2.63. The van der Waals surface area contributed by atoms with Gasteiger partial charge in [-0.1, -0.05) is 42.5 Å². The van der Waals surface area contributed by atoms with Gasteiger partial charge in [0.25, 0.3) is 0 Å². The van der Waals surface area contributed by atoms with Gasteiger partial charge in [-0.05, 0) is 30.2 Å². The summed E-state index contributed by atoms with van der Waals surface area (Å²) in [7, 11) is 0. The molecule has 126 valence electrons. The van der Waals surface area contributed by atoms with Crippen molar-refractivity contribution in [2.24, 2.45) is 23.7 Å². The molecule has 3 N–H and O–H groups in total. The van der Waals surface area contributed by atoms with Gasteiger partial charge in [0.2, 0.25) is 11.8 Å². The average Bonchev–Trinajstić information content (AvgIpc) is 3.20. The zero-order chi connectivity index (χ0) is 17.1. The van der Waals surface area contributed by atoms with Crippen molar-refractivity contribution < 1.29 is 19.5 Å². The Bertz CT molecular complexity index is 671. The molecule has 0 spiro atoms. The lowest BCUT2D eigenvalue weighted by Gasteiger charge is -2.23. The Morgan fingerprint density at radius 3 is 2.33 bits per heavy atom. The average molecular weight is 328 g/mol. The molecule has 0 radical (unpaired) electrons. The maximum Gasteiger partial charge on any atom is 0.307 e. The number of aryl methyl sites for hydroxylation is 1. The summed E-state index contributed by atoms with van der Waals surface area (Å²) in [5, 5.41) is 9.34.